The van der Waals surface area contributed by atoms with Crippen LogP contribution in [-0.4, -0.2) is 31.4 Å². The zero-order valence-corrected chi connectivity index (χ0v) is 10.7. The van der Waals surface area contributed by atoms with E-state index in [1.165, 1.54) is 0 Å². The maximum atomic E-state index is 10.8. The Kier molecular flexibility index (Phi) is 3.99. The summed E-state index contributed by atoms with van der Waals surface area (Å²) in [5.41, 5.74) is 0.571. The summed E-state index contributed by atoms with van der Waals surface area (Å²) in [6, 6.07) is 7.19. The number of rotatable bonds is 5. The van der Waals surface area contributed by atoms with E-state index in [2.05, 4.69) is 0 Å². The molecule has 4 heteroatoms. The zero-order chi connectivity index (χ0) is 13.0. The Morgan fingerprint density at radius 1 is 1.44 bits per heavy atom. The lowest BCUT2D eigenvalue weighted by molar-refractivity contribution is -0.139. The minimum absolute atomic E-state index is 0.0587. The molecule has 18 heavy (non-hydrogen) atoms. The van der Waals surface area contributed by atoms with E-state index in [9.17, 15) is 4.79 Å². The molecular formula is C14H18O4. The third-order valence-corrected chi connectivity index (χ3v) is 2.81. The average Bonchev–Trinajstić information content (AvgIpc) is 2.69. The molecule has 1 aromatic rings. The Labute approximate surface area is 107 Å². The van der Waals surface area contributed by atoms with E-state index in [0.717, 1.165) is 12.7 Å². The van der Waals surface area contributed by atoms with E-state index in [-0.39, 0.29) is 6.10 Å². The highest BCUT2D eigenvalue weighted by molar-refractivity contribution is 5.79. The van der Waals surface area contributed by atoms with Crippen LogP contribution in [0.25, 0.3) is 0 Å². The molecule has 0 aromatic heterocycles. The predicted octanol–water partition coefficient (Wildman–Crippen LogP) is 2.42. The quantitative estimate of drug-likeness (QED) is 0.753. The molecule has 0 aliphatic carbocycles. The molecule has 4 nitrogen and oxygen atoms in total. The summed E-state index contributed by atoms with van der Waals surface area (Å²) in [5, 5.41) is 0. The smallest absolute Gasteiger partial charge is 0.163 e. The van der Waals surface area contributed by atoms with Crippen molar-refractivity contribution in [2.75, 3.05) is 13.2 Å². The van der Waals surface area contributed by atoms with Crippen LogP contribution in [-0.2, 0) is 9.47 Å². The lowest BCUT2D eigenvalue weighted by atomic mass is 10.2. The maximum Gasteiger partial charge on any atom is 0.163 e. The van der Waals surface area contributed by atoms with Crippen LogP contribution in [0.5, 0.6) is 5.75 Å². The maximum absolute atomic E-state index is 10.8. The fraction of sp³-hybridized carbons (Fsp3) is 0.500. The first-order chi connectivity index (χ1) is 8.61. The van der Waals surface area contributed by atoms with Crippen LogP contribution in [0, 0.1) is 0 Å². The Hall–Kier alpha value is -1.39. The highest BCUT2D eigenvalue weighted by atomic mass is 16.7. The third-order valence-electron chi connectivity index (χ3n) is 2.81. The number of para-hydroxylation sites is 1. The van der Waals surface area contributed by atoms with Crippen LogP contribution in [0.1, 0.15) is 30.6 Å². The SMILES string of the molecule is CC1(C)OCC(CCOc2ccccc2C=O)O1. The van der Waals surface area contributed by atoms with Crippen molar-refractivity contribution in [3.05, 3.63) is 29.8 Å². The molecule has 0 spiro atoms. The van der Waals surface area contributed by atoms with Gasteiger partial charge >= 0.3 is 0 Å². The summed E-state index contributed by atoms with van der Waals surface area (Å²) in [4.78, 5) is 10.8. The third kappa shape index (κ3) is 3.31. The zero-order valence-electron chi connectivity index (χ0n) is 10.7. The lowest BCUT2D eigenvalue weighted by Crippen LogP contribution is -2.22. The predicted molar refractivity (Wildman–Crippen MR) is 66.8 cm³/mol. The fourth-order valence-electron chi connectivity index (χ4n) is 1.91. The van der Waals surface area contributed by atoms with Crippen molar-refractivity contribution in [3.8, 4) is 5.75 Å². The summed E-state index contributed by atoms with van der Waals surface area (Å²) in [6.07, 6.45) is 1.60. The molecule has 0 radical (unpaired) electrons. The second-order valence-corrected chi connectivity index (χ2v) is 4.74. The van der Waals surface area contributed by atoms with E-state index >= 15 is 0 Å². The molecule has 1 aromatic carbocycles. The van der Waals surface area contributed by atoms with Crippen LogP contribution in [0.4, 0.5) is 0 Å². The molecular weight excluding hydrogens is 232 g/mol. The minimum atomic E-state index is -0.495. The second-order valence-electron chi connectivity index (χ2n) is 4.74. The molecule has 0 saturated carbocycles. The van der Waals surface area contributed by atoms with Gasteiger partial charge in [0.05, 0.1) is 24.9 Å². The van der Waals surface area contributed by atoms with Gasteiger partial charge in [0.25, 0.3) is 0 Å². The van der Waals surface area contributed by atoms with Crippen molar-refractivity contribution in [1.29, 1.82) is 0 Å². The number of ether oxygens (including phenoxy) is 3. The van der Waals surface area contributed by atoms with Crippen LogP contribution >= 0.6 is 0 Å². The molecule has 0 amide bonds. The largest absolute Gasteiger partial charge is 0.493 e. The number of hydrogen-bond donors (Lipinski definition) is 0. The highest BCUT2D eigenvalue weighted by Gasteiger charge is 2.32. The molecule has 2 rings (SSSR count). The summed E-state index contributed by atoms with van der Waals surface area (Å²) in [7, 11) is 0. The molecule has 1 heterocycles. The molecule has 1 atom stereocenters. The normalized spacial score (nSPS) is 21.8. The second kappa shape index (κ2) is 5.50. The van der Waals surface area contributed by atoms with Crippen molar-refractivity contribution in [2.24, 2.45) is 0 Å². The van der Waals surface area contributed by atoms with Gasteiger partial charge in [-0.15, -0.1) is 0 Å². The summed E-state index contributed by atoms with van der Waals surface area (Å²) in [6.45, 7) is 4.89. The summed E-state index contributed by atoms with van der Waals surface area (Å²) >= 11 is 0. The Bertz CT molecular complexity index is 414. The van der Waals surface area contributed by atoms with Crippen molar-refractivity contribution < 1.29 is 19.0 Å². The van der Waals surface area contributed by atoms with E-state index in [0.29, 0.717) is 24.5 Å². The monoisotopic (exact) mass is 250 g/mol. The lowest BCUT2D eigenvalue weighted by Gasteiger charge is -2.17. The molecule has 1 unspecified atom stereocenters. The van der Waals surface area contributed by atoms with Gasteiger partial charge in [-0.2, -0.15) is 0 Å². The highest BCUT2D eigenvalue weighted by Crippen LogP contribution is 2.24. The Morgan fingerprint density at radius 3 is 2.89 bits per heavy atom. The van der Waals surface area contributed by atoms with Gasteiger partial charge in [-0.3, -0.25) is 4.79 Å². The standard InChI is InChI=1S/C14H18O4/c1-14(2)17-10-12(18-14)7-8-16-13-6-4-3-5-11(13)9-15/h3-6,9,12H,7-8,10H2,1-2H3. The van der Waals surface area contributed by atoms with E-state index in [4.69, 9.17) is 14.2 Å². The summed E-state index contributed by atoms with van der Waals surface area (Å²) in [5.74, 6) is 0.122. The van der Waals surface area contributed by atoms with Crippen LogP contribution in [0.15, 0.2) is 24.3 Å². The first kappa shape index (κ1) is 13.1. The topological polar surface area (TPSA) is 44.8 Å². The first-order valence-electron chi connectivity index (χ1n) is 6.09. The number of hydrogen-bond acceptors (Lipinski definition) is 4. The Morgan fingerprint density at radius 2 is 2.22 bits per heavy atom. The van der Waals surface area contributed by atoms with Gasteiger partial charge in [-0.25, -0.2) is 0 Å². The molecule has 1 fully saturated rings. The van der Waals surface area contributed by atoms with Crippen LogP contribution in [0.3, 0.4) is 0 Å². The minimum Gasteiger partial charge on any atom is -0.493 e. The van der Waals surface area contributed by atoms with Gasteiger partial charge in [0.1, 0.15) is 5.75 Å². The Balaban J connectivity index is 1.80. The number of benzene rings is 1. The van der Waals surface area contributed by atoms with Crippen molar-refractivity contribution in [3.63, 3.8) is 0 Å². The van der Waals surface area contributed by atoms with Crippen molar-refractivity contribution in [2.45, 2.75) is 32.2 Å². The van der Waals surface area contributed by atoms with Crippen LogP contribution < -0.4 is 4.74 Å². The number of carbonyl (C=O) groups excluding carboxylic acids is 1. The molecule has 0 bridgehead atoms. The summed E-state index contributed by atoms with van der Waals surface area (Å²) < 4.78 is 16.7. The average molecular weight is 250 g/mol. The fourth-order valence-corrected chi connectivity index (χ4v) is 1.91. The van der Waals surface area contributed by atoms with Gasteiger partial charge < -0.3 is 14.2 Å². The first-order valence-corrected chi connectivity index (χ1v) is 6.09. The van der Waals surface area contributed by atoms with Gasteiger partial charge in [0, 0.05) is 6.42 Å². The van der Waals surface area contributed by atoms with E-state index < -0.39 is 5.79 Å². The van der Waals surface area contributed by atoms with E-state index in [1.807, 2.05) is 26.0 Å². The molecule has 0 N–H and O–H groups in total. The number of carbonyl (C=O) groups is 1. The van der Waals surface area contributed by atoms with Gasteiger partial charge in [0.2, 0.25) is 0 Å². The van der Waals surface area contributed by atoms with Crippen molar-refractivity contribution >= 4 is 6.29 Å². The van der Waals surface area contributed by atoms with Gasteiger partial charge in [0.15, 0.2) is 12.1 Å². The number of aldehydes is 1. The van der Waals surface area contributed by atoms with Crippen molar-refractivity contribution in [1.82, 2.24) is 0 Å². The molecule has 1 saturated heterocycles. The molecule has 98 valence electrons. The molecule has 1 aliphatic rings. The van der Waals surface area contributed by atoms with Gasteiger partial charge in [-0.05, 0) is 26.0 Å². The van der Waals surface area contributed by atoms with Gasteiger partial charge in [-0.1, -0.05) is 12.1 Å². The van der Waals surface area contributed by atoms with Crippen LogP contribution in [0.2, 0.25) is 0 Å². The van der Waals surface area contributed by atoms with E-state index in [1.54, 1.807) is 12.1 Å². The molecule has 1 aliphatic heterocycles.